The van der Waals surface area contributed by atoms with E-state index in [4.69, 9.17) is 23.1 Å². The molecule has 0 spiro atoms. The maximum atomic E-state index is 15.0. The third kappa shape index (κ3) is 24.0. The molecule has 1 aliphatic heterocycles. The first-order valence-corrected chi connectivity index (χ1v) is 31.9. The van der Waals surface area contributed by atoms with Gasteiger partial charge in [0.2, 0.25) is 59.1 Å². The van der Waals surface area contributed by atoms with E-state index in [9.17, 15) is 58.5 Å². The number of aliphatic hydroxyl groups is 1. The molecule has 0 radical (unpaired) electrons. The van der Waals surface area contributed by atoms with Gasteiger partial charge in [0, 0.05) is 47.8 Å². The zero-order chi connectivity index (χ0) is 64.3. The molecule has 1 fully saturated rings. The van der Waals surface area contributed by atoms with Crippen LogP contribution in [0.2, 0.25) is 5.02 Å². The van der Waals surface area contributed by atoms with Gasteiger partial charge in [-0.15, -0.1) is 0 Å². The molecule has 1 saturated heterocycles. The molecule has 0 aromatic heterocycles. The highest BCUT2D eigenvalue weighted by Crippen LogP contribution is 2.25. The van der Waals surface area contributed by atoms with E-state index in [0.29, 0.717) is 53.1 Å². The first kappa shape index (κ1) is 70.8. The van der Waals surface area contributed by atoms with Crippen molar-refractivity contribution >= 4 is 92.3 Å². The zero-order valence-corrected chi connectivity index (χ0v) is 51.7. The van der Waals surface area contributed by atoms with Gasteiger partial charge in [-0.1, -0.05) is 101 Å². The largest absolute Gasteiger partial charge is 0.508 e. The molecule has 24 nitrogen and oxygen atoms in total. The van der Waals surface area contributed by atoms with Crippen LogP contribution in [0.1, 0.15) is 97.8 Å². The average molecular weight is 1270 g/mol. The maximum Gasteiger partial charge on any atom is 0.248 e. The quantitative estimate of drug-likeness (QED) is 0.0314. The molecule has 0 bridgehead atoms. The minimum atomic E-state index is -1.76. The summed E-state index contributed by atoms with van der Waals surface area (Å²) < 4.78 is 0. The summed E-state index contributed by atoms with van der Waals surface area (Å²) in [6.45, 7) is 3.71. The Morgan fingerprint density at radius 2 is 1.18 bits per heavy atom. The lowest BCUT2D eigenvalue weighted by atomic mass is 10.00. The number of amides is 10. The number of phenols is 2. The van der Waals surface area contributed by atoms with Crippen molar-refractivity contribution in [2.24, 2.45) is 11.5 Å². The van der Waals surface area contributed by atoms with Crippen LogP contribution < -0.4 is 59.3 Å². The van der Waals surface area contributed by atoms with Crippen molar-refractivity contribution in [2.75, 3.05) is 25.1 Å². The number of halogens is 1. The van der Waals surface area contributed by atoms with E-state index in [1.54, 1.807) is 43.4 Å². The van der Waals surface area contributed by atoms with Gasteiger partial charge in [0.25, 0.3) is 0 Å². The number of aliphatic hydroxyl groups excluding tert-OH is 1. The van der Waals surface area contributed by atoms with Crippen LogP contribution in [0.25, 0.3) is 0 Å². The van der Waals surface area contributed by atoms with Gasteiger partial charge in [-0.2, -0.15) is 0 Å². The number of unbranched alkanes of at least 4 members (excludes halogenated alkanes) is 3. The SMILES string of the molecule is CCCCCC(=O)N[C@@H](Cc1ccc(Cl)cc1)C(=O)N[C@@H]1CSSC[C@@H](C(=O)N[C@H](CCc2ccc(O)cc2)C(N)=O)NC(=O)[C@H]([C@@H](C)O)NC(=O)[C@H](CCCCNC)NC(=O)[C@@H](Cc2ccc(C(N)=O)cc2)NC(=O)[C@H](Cc2ccc(O)cc2)NC1=O. The van der Waals surface area contributed by atoms with Gasteiger partial charge < -0.3 is 74.6 Å². The lowest BCUT2D eigenvalue weighted by Gasteiger charge is -2.29. The fourth-order valence-electron chi connectivity index (χ4n) is 9.25. The molecular formula is C61H80ClN11O13S2. The van der Waals surface area contributed by atoms with Crippen molar-refractivity contribution in [3.05, 3.63) is 130 Å². The standard InChI is InChI=1S/C61H80ClN11O13S2/c1-4-5-6-10-51(77)66-46(30-38-13-22-41(62)23-14-38)56(81)71-49-33-87-88-34-50(59(84)67-44(54(64)79)28-19-36-15-24-42(75)25-16-36)72-61(86)52(35(2)74)73-55(80)45(9-7-8-29-65-3)68-57(82)47(31-37-11-20-40(21-12-37)53(63)78)69-58(83)48(70-60(49)85)32-39-17-26-43(76)27-18-39/h11-18,20-27,35,44-50,52,65,74-76H,4-10,19,28-34H2,1-3H3,(H2,63,78)(H2,64,79)(H,66,77)(H,67,84)(H,68,82)(H,69,83)(H,70,85)(H,71,81)(H,72,86)(H,73,80)/t35-,44-,45+,46+,47-,48+,49-,50+,52+/m1/s1. The summed E-state index contributed by atoms with van der Waals surface area (Å²) >= 11 is 6.19. The first-order valence-electron chi connectivity index (χ1n) is 29.0. The highest BCUT2D eigenvalue weighted by atomic mass is 35.5. The normalized spacial score (nSPS) is 20.0. The molecule has 27 heteroatoms. The molecule has 1 heterocycles. The number of nitrogens with two attached hydrogens (primary N) is 2. The summed E-state index contributed by atoms with van der Waals surface area (Å²) in [6, 6.07) is 12.5. The van der Waals surface area contributed by atoms with Crippen molar-refractivity contribution in [3.63, 3.8) is 0 Å². The number of rotatable bonds is 26. The maximum absolute atomic E-state index is 15.0. The molecule has 88 heavy (non-hydrogen) atoms. The Hall–Kier alpha value is -7.91. The van der Waals surface area contributed by atoms with E-state index in [1.165, 1.54) is 67.6 Å². The molecule has 0 unspecified atom stereocenters. The summed E-state index contributed by atoms with van der Waals surface area (Å²) in [5, 5.41) is 56.1. The molecular weight excluding hydrogens is 1190 g/mol. The molecule has 4 aromatic rings. The van der Waals surface area contributed by atoms with Crippen LogP contribution in [0.15, 0.2) is 97.1 Å². The number of aromatic hydroxyl groups is 2. The molecule has 10 amide bonds. The van der Waals surface area contributed by atoms with Gasteiger partial charge in [0.1, 0.15) is 59.8 Å². The predicted molar refractivity (Wildman–Crippen MR) is 335 cm³/mol. The Bertz CT molecular complexity index is 3000. The van der Waals surface area contributed by atoms with Crippen molar-refractivity contribution < 1.29 is 63.3 Å². The van der Waals surface area contributed by atoms with Gasteiger partial charge in [0.05, 0.1) is 6.10 Å². The van der Waals surface area contributed by atoms with Crippen LogP contribution in [0.5, 0.6) is 11.5 Å². The van der Waals surface area contributed by atoms with Crippen molar-refractivity contribution in [3.8, 4) is 11.5 Å². The zero-order valence-electron chi connectivity index (χ0n) is 49.3. The second-order valence-corrected chi connectivity index (χ2v) is 24.4. The van der Waals surface area contributed by atoms with Crippen LogP contribution in [-0.2, 0) is 68.8 Å². The van der Waals surface area contributed by atoms with E-state index >= 15 is 4.79 Å². The molecule has 9 atom stereocenters. The van der Waals surface area contributed by atoms with Crippen molar-refractivity contribution in [2.45, 2.75) is 145 Å². The monoisotopic (exact) mass is 1270 g/mol. The molecule has 5 rings (SSSR count). The average Bonchev–Trinajstić information content (AvgIpc) is 3.68. The predicted octanol–water partition coefficient (Wildman–Crippen LogP) is 1.62. The summed E-state index contributed by atoms with van der Waals surface area (Å²) in [4.78, 5) is 141. The van der Waals surface area contributed by atoms with Crippen molar-refractivity contribution in [1.82, 2.24) is 47.9 Å². The second-order valence-electron chi connectivity index (χ2n) is 21.4. The molecule has 476 valence electrons. The topological polar surface area (TPSA) is 392 Å². The summed E-state index contributed by atoms with van der Waals surface area (Å²) in [5.41, 5.74) is 13.6. The highest BCUT2D eigenvalue weighted by Gasteiger charge is 2.37. The van der Waals surface area contributed by atoms with E-state index < -0.39 is 114 Å². The Labute approximate surface area is 524 Å². The van der Waals surface area contributed by atoms with Gasteiger partial charge in [-0.3, -0.25) is 47.9 Å². The molecule has 16 N–H and O–H groups in total. The van der Waals surface area contributed by atoms with E-state index in [-0.39, 0.29) is 73.5 Å². The smallest absolute Gasteiger partial charge is 0.248 e. The van der Waals surface area contributed by atoms with Gasteiger partial charge >= 0.3 is 0 Å². The van der Waals surface area contributed by atoms with Gasteiger partial charge in [-0.05, 0) is 130 Å². The summed E-state index contributed by atoms with van der Waals surface area (Å²) in [5.74, 6) is -9.20. The number of aryl methyl sites for hydroxylation is 1. The fourth-order valence-corrected chi connectivity index (χ4v) is 11.7. The van der Waals surface area contributed by atoms with Gasteiger partial charge in [0.15, 0.2) is 0 Å². The van der Waals surface area contributed by atoms with Gasteiger partial charge in [-0.25, -0.2) is 0 Å². The second kappa shape index (κ2) is 36.4. The number of carbonyl (C=O) groups excluding carboxylic acids is 10. The molecule has 4 aromatic carbocycles. The highest BCUT2D eigenvalue weighted by molar-refractivity contribution is 8.76. The first-order chi connectivity index (χ1) is 42.0. The van der Waals surface area contributed by atoms with Crippen LogP contribution in [0, 0.1) is 0 Å². The van der Waals surface area contributed by atoms with E-state index in [2.05, 4.69) is 47.9 Å². The number of phenolic OH excluding ortho intramolecular Hbond substituents is 2. The van der Waals surface area contributed by atoms with E-state index in [1.807, 2.05) is 6.92 Å². The van der Waals surface area contributed by atoms with Crippen LogP contribution in [-0.4, -0.2) is 154 Å². The number of carbonyl (C=O) groups is 10. The Balaban J connectivity index is 1.61. The Kier molecular flexibility index (Phi) is 29.3. The van der Waals surface area contributed by atoms with E-state index in [0.717, 1.165) is 34.4 Å². The van der Waals surface area contributed by atoms with Crippen LogP contribution >= 0.6 is 33.2 Å². The molecule has 0 aliphatic carbocycles. The minimum Gasteiger partial charge on any atom is -0.508 e. The third-order valence-corrected chi connectivity index (χ3v) is 17.0. The lowest BCUT2D eigenvalue weighted by molar-refractivity contribution is -0.136. The number of hydrogen-bond acceptors (Lipinski definition) is 16. The fraction of sp³-hybridized carbons (Fsp3) is 0.443. The van der Waals surface area contributed by atoms with Crippen molar-refractivity contribution in [1.29, 1.82) is 0 Å². The Morgan fingerprint density at radius 3 is 1.75 bits per heavy atom. The summed E-state index contributed by atoms with van der Waals surface area (Å²) in [7, 11) is 3.62. The third-order valence-electron chi connectivity index (χ3n) is 14.3. The molecule has 1 aliphatic rings. The number of hydrogen-bond donors (Lipinski definition) is 14. The lowest BCUT2D eigenvalue weighted by Crippen LogP contribution is -2.62. The van der Waals surface area contributed by atoms with Crippen LogP contribution in [0.4, 0.5) is 0 Å². The number of primary amides is 2. The van der Waals surface area contributed by atoms with Crippen LogP contribution in [0.3, 0.4) is 0 Å². The Morgan fingerprint density at radius 1 is 0.636 bits per heavy atom. The molecule has 0 saturated carbocycles. The number of benzene rings is 4. The minimum absolute atomic E-state index is 0.00885. The number of nitrogens with one attached hydrogen (secondary N) is 9. The summed E-state index contributed by atoms with van der Waals surface area (Å²) in [6.07, 6.45) is 1.11.